The second-order valence-electron chi connectivity index (χ2n) is 8.81. The van der Waals surface area contributed by atoms with E-state index in [0.717, 1.165) is 36.8 Å². The number of benzene rings is 2. The highest BCUT2D eigenvalue weighted by atomic mass is 16.5. The minimum atomic E-state index is -0.907. The Hall–Kier alpha value is -3.03. The van der Waals surface area contributed by atoms with Gasteiger partial charge in [0.1, 0.15) is 0 Å². The van der Waals surface area contributed by atoms with Crippen molar-refractivity contribution in [2.45, 2.75) is 64.6 Å². The summed E-state index contributed by atoms with van der Waals surface area (Å²) >= 11 is 0. The second kappa shape index (κ2) is 14.4. The maximum Gasteiger partial charge on any atom is 0.289 e. The third-order valence-corrected chi connectivity index (χ3v) is 6.06. The lowest BCUT2D eigenvalue weighted by Crippen LogP contribution is -2.47. The standard InChI is InChI=1S/C28H36N2O5/c1-2-3-8-21-12-14-22(15-13-21)19-29-28(33)26(31)25-11-6-7-16-34-17-18-35-20-23-9-4-5-10-24(23)27(32)30-25/h4-5,9-10,12-15,25H,2-3,6-8,11,16-20H2,1H3,(H,29,33)(H,30,32). The first kappa shape index (κ1) is 26.6. The Morgan fingerprint density at radius 1 is 0.971 bits per heavy atom. The van der Waals surface area contributed by atoms with Crippen LogP contribution in [0.4, 0.5) is 0 Å². The van der Waals surface area contributed by atoms with Crippen LogP contribution in [0, 0.1) is 0 Å². The fraction of sp³-hybridized carbons (Fsp3) is 0.464. The molecular formula is C28H36N2O5. The Morgan fingerprint density at radius 3 is 2.51 bits per heavy atom. The number of carbonyl (C=O) groups is 3. The summed E-state index contributed by atoms with van der Waals surface area (Å²) in [6.07, 6.45) is 5.05. The molecule has 0 bridgehead atoms. The van der Waals surface area contributed by atoms with Gasteiger partial charge in [0.2, 0.25) is 5.78 Å². The predicted molar refractivity (Wildman–Crippen MR) is 134 cm³/mol. The summed E-state index contributed by atoms with van der Waals surface area (Å²) in [5.41, 5.74) is 3.34. The van der Waals surface area contributed by atoms with E-state index in [1.54, 1.807) is 12.1 Å². The highest BCUT2D eigenvalue weighted by Crippen LogP contribution is 2.13. The largest absolute Gasteiger partial charge is 0.379 e. The van der Waals surface area contributed by atoms with Gasteiger partial charge >= 0.3 is 0 Å². The molecule has 1 unspecified atom stereocenters. The lowest BCUT2D eigenvalue weighted by molar-refractivity contribution is -0.139. The van der Waals surface area contributed by atoms with Crippen molar-refractivity contribution in [1.29, 1.82) is 0 Å². The first-order valence-electron chi connectivity index (χ1n) is 12.5. The SMILES string of the molecule is CCCCc1ccc(CNC(=O)C(=O)C2CCCCOCCOCc3ccccc3C(=O)N2)cc1. The lowest BCUT2D eigenvalue weighted by atomic mass is 10.0. The number of unbranched alkanes of at least 4 members (excludes halogenated alkanes) is 1. The number of rotatable bonds is 7. The third-order valence-electron chi connectivity index (χ3n) is 6.06. The van der Waals surface area contributed by atoms with E-state index in [1.165, 1.54) is 5.56 Å². The van der Waals surface area contributed by atoms with Gasteiger partial charge in [0, 0.05) is 18.7 Å². The molecule has 2 N–H and O–H groups in total. The molecule has 1 aliphatic heterocycles. The molecule has 0 saturated carbocycles. The van der Waals surface area contributed by atoms with Crippen LogP contribution < -0.4 is 10.6 Å². The van der Waals surface area contributed by atoms with Crippen LogP contribution in [0.3, 0.4) is 0 Å². The molecule has 2 aromatic carbocycles. The van der Waals surface area contributed by atoms with Crippen molar-refractivity contribution in [3.8, 4) is 0 Å². The lowest BCUT2D eigenvalue weighted by Gasteiger charge is -2.19. The Bertz CT molecular complexity index is 974. The van der Waals surface area contributed by atoms with E-state index < -0.39 is 17.7 Å². The number of amides is 2. The molecule has 0 fully saturated rings. The summed E-state index contributed by atoms with van der Waals surface area (Å²) < 4.78 is 11.2. The van der Waals surface area contributed by atoms with Crippen molar-refractivity contribution in [2.75, 3.05) is 19.8 Å². The zero-order chi connectivity index (χ0) is 24.9. The molecule has 7 heteroatoms. The molecule has 3 rings (SSSR count). The molecule has 1 heterocycles. The average Bonchev–Trinajstić information content (AvgIpc) is 2.88. The summed E-state index contributed by atoms with van der Waals surface area (Å²) in [5, 5.41) is 5.50. The highest BCUT2D eigenvalue weighted by Gasteiger charge is 2.27. The van der Waals surface area contributed by atoms with Gasteiger partial charge < -0.3 is 20.1 Å². The first-order chi connectivity index (χ1) is 17.1. The van der Waals surface area contributed by atoms with Crippen LogP contribution in [0.15, 0.2) is 48.5 Å². The minimum absolute atomic E-state index is 0.257. The van der Waals surface area contributed by atoms with Crippen molar-refractivity contribution in [3.63, 3.8) is 0 Å². The van der Waals surface area contributed by atoms with Gasteiger partial charge in [0.15, 0.2) is 0 Å². The van der Waals surface area contributed by atoms with Crippen LogP contribution in [0.5, 0.6) is 0 Å². The quantitative estimate of drug-likeness (QED) is 0.589. The zero-order valence-corrected chi connectivity index (χ0v) is 20.5. The maximum atomic E-state index is 13.0. The topological polar surface area (TPSA) is 93.7 Å². The number of hydrogen-bond donors (Lipinski definition) is 2. The number of aryl methyl sites for hydroxylation is 1. The summed E-state index contributed by atoms with van der Waals surface area (Å²) in [6.45, 7) is 4.14. The van der Waals surface area contributed by atoms with E-state index in [-0.39, 0.29) is 19.1 Å². The van der Waals surface area contributed by atoms with Crippen molar-refractivity contribution >= 4 is 17.6 Å². The van der Waals surface area contributed by atoms with Crippen LogP contribution in [0.25, 0.3) is 0 Å². The Morgan fingerprint density at radius 2 is 1.71 bits per heavy atom. The van der Waals surface area contributed by atoms with Crippen molar-refractivity contribution < 1.29 is 23.9 Å². The normalized spacial score (nSPS) is 17.5. The molecule has 0 aliphatic carbocycles. The summed E-state index contributed by atoms with van der Waals surface area (Å²) in [6, 6.07) is 14.3. The van der Waals surface area contributed by atoms with E-state index in [0.29, 0.717) is 38.2 Å². The summed E-state index contributed by atoms with van der Waals surface area (Å²) in [7, 11) is 0. The number of fused-ring (bicyclic) bond motifs is 1. The minimum Gasteiger partial charge on any atom is -0.379 e. The van der Waals surface area contributed by atoms with Crippen LogP contribution in [-0.2, 0) is 38.6 Å². The number of nitrogens with one attached hydrogen (secondary N) is 2. The molecule has 35 heavy (non-hydrogen) atoms. The van der Waals surface area contributed by atoms with E-state index >= 15 is 0 Å². The van der Waals surface area contributed by atoms with Gasteiger partial charge in [-0.15, -0.1) is 0 Å². The first-order valence-corrected chi connectivity index (χ1v) is 12.5. The maximum absolute atomic E-state index is 13.0. The predicted octanol–water partition coefficient (Wildman–Crippen LogP) is 3.73. The smallest absolute Gasteiger partial charge is 0.289 e. The molecule has 2 aromatic rings. The average molecular weight is 481 g/mol. The Labute approximate surface area is 207 Å². The van der Waals surface area contributed by atoms with Gasteiger partial charge in [-0.3, -0.25) is 14.4 Å². The molecule has 0 spiro atoms. The van der Waals surface area contributed by atoms with Gasteiger partial charge in [0.05, 0.1) is 25.9 Å². The molecule has 0 radical (unpaired) electrons. The molecule has 2 amide bonds. The van der Waals surface area contributed by atoms with Crippen molar-refractivity contribution in [1.82, 2.24) is 10.6 Å². The second-order valence-corrected chi connectivity index (χ2v) is 8.81. The van der Waals surface area contributed by atoms with Crippen molar-refractivity contribution in [2.24, 2.45) is 0 Å². The Kier molecular flexibility index (Phi) is 10.9. The number of hydrogen-bond acceptors (Lipinski definition) is 5. The molecular weight excluding hydrogens is 444 g/mol. The van der Waals surface area contributed by atoms with Crippen LogP contribution >= 0.6 is 0 Å². The van der Waals surface area contributed by atoms with Gasteiger partial charge in [-0.05, 0) is 54.9 Å². The Balaban J connectivity index is 1.64. The number of carbonyl (C=O) groups excluding carboxylic acids is 3. The van der Waals surface area contributed by atoms with E-state index in [2.05, 4.69) is 29.7 Å². The molecule has 0 aromatic heterocycles. The summed E-state index contributed by atoms with van der Waals surface area (Å²) in [5.74, 6) is -1.72. The van der Waals surface area contributed by atoms with Crippen LogP contribution in [0.2, 0.25) is 0 Å². The van der Waals surface area contributed by atoms with Gasteiger partial charge in [-0.1, -0.05) is 55.8 Å². The fourth-order valence-electron chi connectivity index (χ4n) is 3.96. The number of ketones is 1. The third kappa shape index (κ3) is 8.60. The van der Waals surface area contributed by atoms with Gasteiger partial charge in [-0.25, -0.2) is 0 Å². The van der Waals surface area contributed by atoms with Crippen molar-refractivity contribution in [3.05, 3.63) is 70.8 Å². The van der Waals surface area contributed by atoms with Gasteiger partial charge in [-0.2, -0.15) is 0 Å². The number of ether oxygens (including phenoxy) is 2. The molecule has 188 valence electrons. The molecule has 7 nitrogen and oxygen atoms in total. The van der Waals surface area contributed by atoms with Crippen LogP contribution in [0.1, 0.15) is 66.1 Å². The van der Waals surface area contributed by atoms with E-state index in [9.17, 15) is 14.4 Å². The molecule has 1 atom stereocenters. The molecule has 1 aliphatic rings. The van der Waals surface area contributed by atoms with E-state index in [1.807, 2.05) is 24.3 Å². The molecule has 0 saturated heterocycles. The van der Waals surface area contributed by atoms with Crippen LogP contribution in [-0.4, -0.2) is 43.5 Å². The zero-order valence-electron chi connectivity index (χ0n) is 20.5. The van der Waals surface area contributed by atoms with E-state index in [4.69, 9.17) is 9.47 Å². The van der Waals surface area contributed by atoms with Gasteiger partial charge in [0.25, 0.3) is 11.8 Å². The number of Topliss-reactive ketones (excluding diaryl/α,β-unsaturated/α-hetero) is 1. The fourth-order valence-corrected chi connectivity index (χ4v) is 3.96. The highest BCUT2D eigenvalue weighted by molar-refractivity contribution is 6.38. The summed E-state index contributed by atoms with van der Waals surface area (Å²) in [4.78, 5) is 38.7. The monoisotopic (exact) mass is 480 g/mol.